The Labute approximate surface area is 120 Å². The van der Waals surface area contributed by atoms with Crippen molar-refractivity contribution in [2.75, 3.05) is 40.0 Å². The number of nitrogens with one attached hydrogen (secondary N) is 1. The fourth-order valence-corrected chi connectivity index (χ4v) is 2.23. The zero-order valence-electron chi connectivity index (χ0n) is 12.6. The van der Waals surface area contributed by atoms with E-state index in [0.29, 0.717) is 32.7 Å². The third kappa shape index (κ3) is 5.09. The quantitative estimate of drug-likeness (QED) is 0.658. The van der Waals surface area contributed by atoms with Crippen LogP contribution in [-0.2, 0) is 14.3 Å². The molecule has 1 aliphatic rings. The molecule has 6 heteroatoms. The minimum Gasteiger partial charge on any atom is -0.396 e. The first-order valence-electron chi connectivity index (χ1n) is 7.05. The molecule has 2 N–H and O–H groups in total. The second-order valence-corrected chi connectivity index (χ2v) is 6.09. The predicted molar refractivity (Wildman–Crippen MR) is 75.1 cm³/mol. The molecule has 0 saturated carbocycles. The maximum absolute atomic E-state index is 12.1. The fourth-order valence-electron chi connectivity index (χ4n) is 2.23. The van der Waals surface area contributed by atoms with Crippen molar-refractivity contribution in [2.24, 2.45) is 11.3 Å². The second-order valence-electron chi connectivity index (χ2n) is 6.09. The van der Waals surface area contributed by atoms with E-state index in [1.807, 2.05) is 13.8 Å². The van der Waals surface area contributed by atoms with Gasteiger partial charge in [0.05, 0.1) is 12.5 Å². The van der Waals surface area contributed by atoms with Crippen LogP contribution in [0.15, 0.2) is 0 Å². The number of amides is 2. The number of nitrogens with zero attached hydrogens (tertiary/aromatic N) is 1. The smallest absolute Gasteiger partial charge is 0.225 e. The van der Waals surface area contributed by atoms with E-state index in [9.17, 15) is 9.59 Å². The van der Waals surface area contributed by atoms with Gasteiger partial charge in [0.2, 0.25) is 11.8 Å². The molecular weight excluding hydrogens is 260 g/mol. The molecule has 0 spiro atoms. The lowest BCUT2D eigenvalue weighted by Gasteiger charge is -2.24. The minimum absolute atomic E-state index is 0.0109. The summed E-state index contributed by atoms with van der Waals surface area (Å²) in [6.45, 7) is 6.10. The second kappa shape index (κ2) is 7.59. The van der Waals surface area contributed by atoms with E-state index in [1.54, 1.807) is 12.0 Å². The number of carbonyl (C=O) groups excluding carboxylic acids is 2. The molecule has 0 aromatic heterocycles. The van der Waals surface area contributed by atoms with Crippen LogP contribution in [0, 0.1) is 11.3 Å². The van der Waals surface area contributed by atoms with Crippen molar-refractivity contribution >= 4 is 11.8 Å². The topological polar surface area (TPSA) is 78.9 Å². The number of aliphatic hydroxyl groups is 1. The Kier molecular flexibility index (Phi) is 6.42. The lowest BCUT2D eigenvalue weighted by molar-refractivity contribution is -0.129. The molecule has 0 aromatic rings. The van der Waals surface area contributed by atoms with Gasteiger partial charge in [-0.3, -0.25) is 9.59 Å². The van der Waals surface area contributed by atoms with Crippen molar-refractivity contribution in [3.05, 3.63) is 0 Å². The minimum atomic E-state index is -0.274. The molecule has 2 amide bonds. The van der Waals surface area contributed by atoms with Gasteiger partial charge < -0.3 is 20.1 Å². The number of ether oxygens (including phenoxy) is 1. The van der Waals surface area contributed by atoms with Crippen molar-refractivity contribution < 1.29 is 19.4 Å². The van der Waals surface area contributed by atoms with E-state index >= 15 is 0 Å². The summed E-state index contributed by atoms with van der Waals surface area (Å²) in [6.07, 6.45) is 0.910. The third-order valence-electron chi connectivity index (χ3n) is 3.68. The van der Waals surface area contributed by atoms with Crippen LogP contribution in [0.2, 0.25) is 0 Å². The molecule has 1 saturated heterocycles. The van der Waals surface area contributed by atoms with Crippen LogP contribution in [0.25, 0.3) is 0 Å². The first-order chi connectivity index (χ1) is 9.39. The van der Waals surface area contributed by atoms with E-state index < -0.39 is 0 Å². The van der Waals surface area contributed by atoms with Crippen LogP contribution < -0.4 is 5.32 Å². The Morgan fingerprint density at radius 1 is 1.55 bits per heavy atom. The molecule has 1 heterocycles. The summed E-state index contributed by atoms with van der Waals surface area (Å²) in [4.78, 5) is 25.5. The highest BCUT2D eigenvalue weighted by atomic mass is 16.5. The summed E-state index contributed by atoms with van der Waals surface area (Å²) >= 11 is 0. The standard InChI is InChI=1S/C14H26N2O4/c1-14(2,4-6-17)10-15-13(19)11-8-12(18)16(9-11)5-7-20-3/h11,17H,4-10H2,1-3H3,(H,15,19). The van der Waals surface area contributed by atoms with Gasteiger partial charge in [0, 0.05) is 39.8 Å². The van der Waals surface area contributed by atoms with Crippen molar-refractivity contribution in [3.8, 4) is 0 Å². The van der Waals surface area contributed by atoms with Crippen molar-refractivity contribution in [1.29, 1.82) is 0 Å². The van der Waals surface area contributed by atoms with Gasteiger partial charge >= 0.3 is 0 Å². The third-order valence-corrected chi connectivity index (χ3v) is 3.68. The lowest BCUT2D eigenvalue weighted by atomic mass is 9.89. The first kappa shape index (κ1) is 16.9. The van der Waals surface area contributed by atoms with E-state index in [4.69, 9.17) is 9.84 Å². The molecule has 1 atom stereocenters. The summed E-state index contributed by atoms with van der Waals surface area (Å²) in [5.74, 6) is -0.342. The number of hydrogen-bond acceptors (Lipinski definition) is 4. The predicted octanol–water partition coefficient (Wildman–Crippen LogP) is 0.00610. The number of aliphatic hydroxyl groups excluding tert-OH is 1. The molecule has 0 radical (unpaired) electrons. The average Bonchev–Trinajstić information content (AvgIpc) is 2.75. The van der Waals surface area contributed by atoms with E-state index in [2.05, 4.69) is 5.32 Å². The molecule has 6 nitrogen and oxygen atoms in total. The highest BCUT2D eigenvalue weighted by Crippen LogP contribution is 2.20. The zero-order valence-corrected chi connectivity index (χ0v) is 12.6. The van der Waals surface area contributed by atoms with E-state index in [0.717, 1.165) is 0 Å². The molecule has 1 aliphatic heterocycles. The fraction of sp³-hybridized carbons (Fsp3) is 0.857. The molecule has 0 bridgehead atoms. The Morgan fingerprint density at radius 3 is 2.85 bits per heavy atom. The van der Waals surface area contributed by atoms with E-state index in [1.165, 1.54) is 0 Å². The molecule has 0 aromatic carbocycles. The Hall–Kier alpha value is -1.14. The van der Waals surface area contributed by atoms with Gasteiger partial charge in [0.25, 0.3) is 0 Å². The number of hydrogen-bond donors (Lipinski definition) is 2. The van der Waals surface area contributed by atoms with Gasteiger partial charge in [-0.15, -0.1) is 0 Å². The van der Waals surface area contributed by atoms with Gasteiger partial charge in [-0.2, -0.15) is 0 Å². The zero-order chi connectivity index (χ0) is 15.2. The van der Waals surface area contributed by atoms with Crippen molar-refractivity contribution in [3.63, 3.8) is 0 Å². The summed E-state index contributed by atoms with van der Waals surface area (Å²) in [5, 5.41) is 11.8. The Morgan fingerprint density at radius 2 is 2.25 bits per heavy atom. The lowest BCUT2D eigenvalue weighted by Crippen LogP contribution is -2.39. The van der Waals surface area contributed by atoms with Gasteiger partial charge in [0.1, 0.15) is 0 Å². The highest BCUT2D eigenvalue weighted by molar-refractivity contribution is 5.89. The normalized spacial score (nSPS) is 19.5. The molecule has 0 aliphatic carbocycles. The molecular formula is C14H26N2O4. The van der Waals surface area contributed by atoms with Gasteiger partial charge in [-0.1, -0.05) is 13.8 Å². The molecule has 1 rings (SSSR count). The molecule has 1 unspecified atom stereocenters. The van der Waals surface area contributed by atoms with Gasteiger partial charge in [-0.05, 0) is 11.8 Å². The van der Waals surface area contributed by atoms with Crippen LogP contribution in [-0.4, -0.2) is 61.8 Å². The molecule has 20 heavy (non-hydrogen) atoms. The van der Waals surface area contributed by atoms with Crippen molar-refractivity contribution in [1.82, 2.24) is 10.2 Å². The van der Waals surface area contributed by atoms with Crippen LogP contribution in [0.1, 0.15) is 26.7 Å². The Balaban J connectivity index is 2.40. The molecule has 1 fully saturated rings. The van der Waals surface area contributed by atoms with Crippen molar-refractivity contribution in [2.45, 2.75) is 26.7 Å². The molecule has 116 valence electrons. The van der Waals surface area contributed by atoms with E-state index in [-0.39, 0.29) is 36.2 Å². The van der Waals surface area contributed by atoms with Gasteiger partial charge in [-0.25, -0.2) is 0 Å². The highest BCUT2D eigenvalue weighted by Gasteiger charge is 2.34. The summed E-state index contributed by atoms with van der Waals surface area (Å²) in [5.41, 5.74) is -0.136. The summed E-state index contributed by atoms with van der Waals surface area (Å²) in [7, 11) is 1.59. The SMILES string of the molecule is COCCN1CC(C(=O)NCC(C)(C)CCO)CC1=O. The number of rotatable bonds is 8. The van der Waals surface area contributed by atoms with Crippen LogP contribution >= 0.6 is 0 Å². The summed E-state index contributed by atoms with van der Waals surface area (Å²) in [6, 6.07) is 0. The average molecular weight is 286 g/mol. The first-order valence-corrected chi connectivity index (χ1v) is 7.05. The number of carbonyl (C=O) groups is 2. The maximum atomic E-state index is 12.1. The van der Waals surface area contributed by atoms with Crippen LogP contribution in [0.5, 0.6) is 0 Å². The van der Waals surface area contributed by atoms with Crippen LogP contribution in [0.4, 0.5) is 0 Å². The summed E-state index contributed by atoms with van der Waals surface area (Å²) < 4.78 is 4.95. The number of likely N-dealkylation sites (tertiary alicyclic amines) is 1. The maximum Gasteiger partial charge on any atom is 0.225 e. The van der Waals surface area contributed by atoms with Crippen LogP contribution in [0.3, 0.4) is 0 Å². The van der Waals surface area contributed by atoms with Gasteiger partial charge in [0.15, 0.2) is 0 Å². The Bertz CT molecular complexity index is 344. The number of methoxy groups -OCH3 is 1. The largest absolute Gasteiger partial charge is 0.396 e. The monoisotopic (exact) mass is 286 g/mol.